The first kappa shape index (κ1) is 43.5. The molecule has 3 saturated heterocycles. The second-order valence-corrected chi connectivity index (χ2v) is 14.2. The number of alkyl halides is 2. The van der Waals surface area contributed by atoms with Gasteiger partial charge in [0, 0.05) is 75.5 Å². The summed E-state index contributed by atoms with van der Waals surface area (Å²) in [7, 11) is 0. The summed E-state index contributed by atoms with van der Waals surface area (Å²) in [6.45, 7) is 15.1. The van der Waals surface area contributed by atoms with Crippen LogP contribution < -0.4 is 16.4 Å². The molecule has 0 spiro atoms. The van der Waals surface area contributed by atoms with Gasteiger partial charge < -0.3 is 45.2 Å². The van der Waals surface area contributed by atoms with E-state index in [9.17, 15) is 23.5 Å². The van der Waals surface area contributed by atoms with Gasteiger partial charge >= 0.3 is 12.2 Å². The minimum Gasteiger partial charge on any atom is -0.444 e. The standard InChI is InChI=1S/C12H22FNO3.C12H23NO4.C7H14FNO.ClH/c1-11(2,3)17-10(15)14-9-12(8-13)4-6-16-7-5-12;1-11(2,3)17-10(15)13-8-12(9-14)4-6-16-7-5-12;8-5-7(6-9)1-3-10-4-2-7;/h4-9H2,1-3H3,(H,14,15);14H,4-9H2,1-3H3,(H,13,15);1-6,9H2;1H. The van der Waals surface area contributed by atoms with Gasteiger partial charge in [-0.05, 0) is 80.1 Å². The highest BCUT2D eigenvalue weighted by Gasteiger charge is 2.35. The van der Waals surface area contributed by atoms with Crippen LogP contribution in [0.5, 0.6) is 0 Å². The molecule has 3 aliphatic heterocycles. The molecular formula is C31H60ClF2N3O8. The number of carbonyl (C=O) groups is 2. The molecule has 3 heterocycles. The normalized spacial score (nSPS) is 20.4. The van der Waals surface area contributed by atoms with Crippen molar-refractivity contribution in [2.75, 3.05) is 79.2 Å². The van der Waals surface area contributed by atoms with Crippen molar-refractivity contribution in [1.29, 1.82) is 0 Å². The van der Waals surface area contributed by atoms with Gasteiger partial charge in [0.15, 0.2) is 0 Å². The van der Waals surface area contributed by atoms with Crippen molar-refractivity contribution in [3.63, 3.8) is 0 Å². The van der Waals surface area contributed by atoms with Crippen LogP contribution >= 0.6 is 12.4 Å². The Morgan fingerprint density at radius 3 is 1.27 bits per heavy atom. The Morgan fingerprint density at radius 2 is 1.00 bits per heavy atom. The molecule has 3 fully saturated rings. The van der Waals surface area contributed by atoms with E-state index in [2.05, 4.69) is 10.6 Å². The first-order valence-corrected chi connectivity index (χ1v) is 15.7. The Balaban J connectivity index is 0.000000660. The molecule has 2 amide bonds. The van der Waals surface area contributed by atoms with E-state index in [-0.39, 0.29) is 36.5 Å². The number of aliphatic hydroxyl groups is 1. The molecule has 0 aromatic heterocycles. The van der Waals surface area contributed by atoms with E-state index in [0.29, 0.717) is 72.1 Å². The number of nitrogens with two attached hydrogens (primary N) is 1. The van der Waals surface area contributed by atoms with Gasteiger partial charge in [0.05, 0.1) is 20.0 Å². The maximum absolute atomic E-state index is 13.1. The Kier molecular flexibility index (Phi) is 20.0. The highest BCUT2D eigenvalue weighted by atomic mass is 35.5. The van der Waals surface area contributed by atoms with Gasteiger partial charge in [0.2, 0.25) is 0 Å². The van der Waals surface area contributed by atoms with Crippen molar-refractivity contribution in [1.82, 2.24) is 10.6 Å². The van der Waals surface area contributed by atoms with E-state index in [1.54, 1.807) is 20.8 Å². The zero-order chi connectivity index (χ0) is 33.3. The smallest absolute Gasteiger partial charge is 0.407 e. The first-order chi connectivity index (χ1) is 20.6. The van der Waals surface area contributed by atoms with E-state index in [1.165, 1.54) is 0 Å². The lowest BCUT2D eigenvalue weighted by Gasteiger charge is -2.35. The van der Waals surface area contributed by atoms with E-state index >= 15 is 0 Å². The molecule has 14 heteroatoms. The van der Waals surface area contributed by atoms with Gasteiger partial charge in [-0.3, -0.25) is 8.78 Å². The summed E-state index contributed by atoms with van der Waals surface area (Å²) in [5.41, 5.74) is 3.45. The van der Waals surface area contributed by atoms with Crippen LogP contribution in [-0.4, -0.2) is 108 Å². The molecule has 268 valence electrons. The molecule has 0 aromatic rings. The molecule has 3 rings (SSSR count). The summed E-state index contributed by atoms with van der Waals surface area (Å²) in [5, 5.41) is 14.8. The summed E-state index contributed by atoms with van der Waals surface area (Å²) >= 11 is 0. The van der Waals surface area contributed by atoms with Crippen LogP contribution in [0.1, 0.15) is 80.1 Å². The molecule has 5 N–H and O–H groups in total. The predicted octanol–water partition coefficient (Wildman–Crippen LogP) is 4.71. The van der Waals surface area contributed by atoms with Crippen LogP contribution in [0.15, 0.2) is 0 Å². The van der Waals surface area contributed by atoms with Crippen LogP contribution in [0, 0.1) is 16.2 Å². The van der Waals surface area contributed by atoms with Crippen LogP contribution in [-0.2, 0) is 23.7 Å². The first-order valence-electron chi connectivity index (χ1n) is 15.7. The average molecular weight is 676 g/mol. The van der Waals surface area contributed by atoms with Crippen molar-refractivity contribution < 1.29 is 47.2 Å². The molecule has 45 heavy (non-hydrogen) atoms. The summed E-state index contributed by atoms with van der Waals surface area (Å²) in [5.74, 6) is 0. The van der Waals surface area contributed by atoms with Crippen LogP contribution in [0.4, 0.5) is 18.4 Å². The van der Waals surface area contributed by atoms with Crippen molar-refractivity contribution >= 4 is 24.6 Å². The third-order valence-corrected chi connectivity index (χ3v) is 8.01. The second-order valence-electron chi connectivity index (χ2n) is 14.2. The number of rotatable bonds is 8. The number of carbonyl (C=O) groups excluding carboxylic acids is 2. The number of hydrogen-bond acceptors (Lipinski definition) is 9. The molecule has 0 bridgehead atoms. The summed E-state index contributed by atoms with van der Waals surface area (Å²) in [4.78, 5) is 23.0. The van der Waals surface area contributed by atoms with Crippen LogP contribution in [0.2, 0.25) is 0 Å². The number of ether oxygens (including phenoxy) is 5. The number of alkyl carbamates (subject to hydrolysis) is 2. The van der Waals surface area contributed by atoms with Gasteiger partial charge in [-0.2, -0.15) is 0 Å². The zero-order valence-electron chi connectivity index (χ0n) is 28.3. The van der Waals surface area contributed by atoms with Gasteiger partial charge in [-0.25, -0.2) is 9.59 Å². The van der Waals surface area contributed by atoms with Gasteiger partial charge in [0.1, 0.15) is 11.2 Å². The van der Waals surface area contributed by atoms with Crippen LogP contribution in [0.25, 0.3) is 0 Å². The second kappa shape index (κ2) is 20.7. The molecule has 0 radical (unpaired) electrons. The molecule has 0 unspecified atom stereocenters. The van der Waals surface area contributed by atoms with Crippen LogP contribution in [0.3, 0.4) is 0 Å². The number of nitrogens with one attached hydrogen (secondary N) is 2. The lowest BCUT2D eigenvalue weighted by Crippen LogP contribution is -2.45. The molecule has 3 aliphatic rings. The summed E-state index contributed by atoms with van der Waals surface area (Å²) in [6.07, 6.45) is 3.44. The summed E-state index contributed by atoms with van der Waals surface area (Å²) < 4.78 is 51.3. The fourth-order valence-corrected chi connectivity index (χ4v) is 4.70. The fourth-order valence-electron chi connectivity index (χ4n) is 4.70. The number of hydrogen-bond donors (Lipinski definition) is 4. The lowest BCUT2D eigenvalue weighted by molar-refractivity contribution is -0.0174. The zero-order valence-corrected chi connectivity index (χ0v) is 29.1. The third-order valence-electron chi connectivity index (χ3n) is 8.01. The highest BCUT2D eigenvalue weighted by Crippen LogP contribution is 2.31. The highest BCUT2D eigenvalue weighted by molar-refractivity contribution is 5.85. The number of halogens is 3. The Labute approximate surface area is 274 Å². The molecule has 0 aliphatic carbocycles. The van der Waals surface area contributed by atoms with Gasteiger partial charge in [0.25, 0.3) is 0 Å². The summed E-state index contributed by atoms with van der Waals surface area (Å²) in [6, 6.07) is 0. The number of aliphatic hydroxyl groups excluding tert-OH is 1. The monoisotopic (exact) mass is 675 g/mol. The molecule has 0 atom stereocenters. The van der Waals surface area contributed by atoms with Crippen molar-refractivity contribution in [2.24, 2.45) is 22.0 Å². The van der Waals surface area contributed by atoms with E-state index in [4.69, 9.17) is 29.4 Å². The number of amides is 2. The van der Waals surface area contributed by atoms with E-state index in [1.807, 2.05) is 20.8 Å². The average Bonchev–Trinajstić information content (AvgIpc) is 2.99. The third kappa shape index (κ3) is 17.8. The topological polar surface area (TPSA) is 151 Å². The quantitative estimate of drug-likeness (QED) is 0.287. The van der Waals surface area contributed by atoms with Crippen molar-refractivity contribution in [3.05, 3.63) is 0 Å². The molecular weight excluding hydrogens is 616 g/mol. The Bertz CT molecular complexity index is 765. The Morgan fingerprint density at radius 1 is 0.689 bits per heavy atom. The largest absolute Gasteiger partial charge is 0.444 e. The fraction of sp³-hybridized carbons (Fsp3) is 0.935. The van der Waals surface area contributed by atoms with Crippen molar-refractivity contribution in [3.8, 4) is 0 Å². The SMILES string of the molecule is CC(C)(C)OC(=O)NCC1(CF)CCOCC1.CC(C)(C)OC(=O)NCC1(CO)CCOCC1.Cl.NCC1(CF)CCOCC1. The maximum atomic E-state index is 13.1. The molecule has 0 saturated carbocycles. The minimum absolute atomic E-state index is 0. The molecule has 0 aromatic carbocycles. The maximum Gasteiger partial charge on any atom is 0.407 e. The minimum atomic E-state index is -0.525. The van der Waals surface area contributed by atoms with E-state index < -0.39 is 35.5 Å². The Hall–Kier alpha value is -1.51. The lowest BCUT2D eigenvalue weighted by atomic mass is 9.81. The molecule has 11 nitrogen and oxygen atoms in total. The van der Waals surface area contributed by atoms with Gasteiger partial charge in [-0.1, -0.05) is 0 Å². The predicted molar refractivity (Wildman–Crippen MR) is 171 cm³/mol. The van der Waals surface area contributed by atoms with E-state index in [0.717, 1.165) is 25.7 Å². The van der Waals surface area contributed by atoms with Crippen molar-refractivity contribution in [2.45, 2.75) is 91.3 Å². The van der Waals surface area contributed by atoms with Gasteiger partial charge in [-0.15, -0.1) is 12.4 Å².